The number of nitrogens with one attached hydrogen (secondary N) is 2. The summed E-state index contributed by atoms with van der Waals surface area (Å²) < 4.78 is 54.0. The third-order valence-electron chi connectivity index (χ3n) is 2.67. The van der Waals surface area contributed by atoms with Crippen LogP contribution in [0.4, 0.5) is 14.5 Å². The molecule has 0 saturated carbocycles. The average Bonchev–Trinajstić information content (AvgIpc) is 2.76. The van der Waals surface area contributed by atoms with Crippen molar-refractivity contribution in [2.45, 2.75) is 18.4 Å². The zero-order valence-electron chi connectivity index (χ0n) is 10.7. The lowest BCUT2D eigenvalue weighted by Gasteiger charge is -2.10. The number of H-pyrrole nitrogens is 1. The Morgan fingerprint density at radius 2 is 1.95 bits per heavy atom. The minimum absolute atomic E-state index is 0.0814. The summed E-state index contributed by atoms with van der Waals surface area (Å²) in [5.41, 5.74) is 4.95. The summed E-state index contributed by atoms with van der Waals surface area (Å²) in [6, 6.07) is 1.90. The van der Waals surface area contributed by atoms with E-state index in [1.807, 2.05) is 4.72 Å². The molecule has 0 bridgehead atoms. The molecule has 1 aromatic heterocycles. The van der Waals surface area contributed by atoms with Crippen LogP contribution in [-0.2, 0) is 16.6 Å². The second kappa shape index (κ2) is 5.70. The van der Waals surface area contributed by atoms with Gasteiger partial charge in [-0.2, -0.15) is 5.10 Å². The van der Waals surface area contributed by atoms with Gasteiger partial charge >= 0.3 is 0 Å². The highest BCUT2D eigenvalue weighted by molar-refractivity contribution is 9.10. The number of anilines is 1. The molecule has 0 aliphatic heterocycles. The van der Waals surface area contributed by atoms with Crippen molar-refractivity contribution in [2.24, 2.45) is 5.73 Å². The monoisotopic (exact) mass is 380 g/mol. The van der Waals surface area contributed by atoms with Crippen molar-refractivity contribution >= 4 is 31.6 Å². The van der Waals surface area contributed by atoms with Gasteiger partial charge in [0.2, 0.25) is 0 Å². The Hall–Kier alpha value is -1.52. The largest absolute Gasteiger partial charge is 0.325 e. The summed E-state index contributed by atoms with van der Waals surface area (Å²) in [6.07, 6.45) is 0. The van der Waals surface area contributed by atoms with Gasteiger partial charge in [-0.15, -0.1) is 0 Å². The van der Waals surface area contributed by atoms with Crippen molar-refractivity contribution < 1.29 is 17.2 Å². The Morgan fingerprint density at radius 1 is 1.38 bits per heavy atom. The predicted octanol–water partition coefficient (Wildman–Crippen LogP) is 2.02. The second-order valence-corrected chi connectivity index (χ2v) is 6.71. The van der Waals surface area contributed by atoms with E-state index in [4.69, 9.17) is 5.73 Å². The van der Waals surface area contributed by atoms with Crippen LogP contribution in [0.25, 0.3) is 0 Å². The molecule has 0 amide bonds. The molecule has 4 N–H and O–H groups in total. The van der Waals surface area contributed by atoms with E-state index in [1.54, 1.807) is 0 Å². The second-order valence-electron chi connectivity index (χ2n) is 4.18. The van der Waals surface area contributed by atoms with Gasteiger partial charge in [0, 0.05) is 11.0 Å². The molecule has 1 heterocycles. The van der Waals surface area contributed by atoms with E-state index >= 15 is 0 Å². The first-order chi connectivity index (χ1) is 9.76. The summed E-state index contributed by atoms with van der Waals surface area (Å²) in [5.74, 6) is -2.08. The molecule has 114 valence electrons. The molecular weight excluding hydrogens is 370 g/mol. The normalized spacial score (nSPS) is 11.7. The number of benzene rings is 1. The maximum absolute atomic E-state index is 13.7. The molecule has 0 spiro atoms. The third-order valence-corrected chi connectivity index (χ3v) is 4.68. The highest BCUT2D eigenvalue weighted by Gasteiger charge is 2.26. The highest BCUT2D eigenvalue weighted by Crippen LogP contribution is 2.27. The van der Waals surface area contributed by atoms with Gasteiger partial charge in [0.1, 0.15) is 10.6 Å². The van der Waals surface area contributed by atoms with Crippen LogP contribution in [0.1, 0.15) is 11.4 Å². The van der Waals surface area contributed by atoms with E-state index in [9.17, 15) is 17.2 Å². The van der Waals surface area contributed by atoms with Crippen molar-refractivity contribution in [3.05, 3.63) is 39.6 Å². The molecule has 21 heavy (non-hydrogen) atoms. The standard InChI is InChI=1S/C11H11BrF2N4O2S/c1-5-11(9(4-15)17-16-5)21(19,20)18-10-7(13)2-6(12)3-8(10)14/h2-3,18H,4,15H2,1H3,(H,16,17). The Bertz CT molecular complexity index is 769. The van der Waals surface area contributed by atoms with Gasteiger partial charge in [-0.05, 0) is 19.1 Å². The minimum atomic E-state index is -4.22. The molecule has 0 radical (unpaired) electrons. The predicted molar refractivity (Wildman–Crippen MR) is 76.1 cm³/mol. The van der Waals surface area contributed by atoms with E-state index in [1.165, 1.54) is 6.92 Å². The fourth-order valence-electron chi connectivity index (χ4n) is 1.79. The quantitative estimate of drug-likeness (QED) is 0.754. The molecular formula is C11H11BrF2N4O2S. The van der Waals surface area contributed by atoms with Crippen molar-refractivity contribution in [2.75, 3.05) is 4.72 Å². The van der Waals surface area contributed by atoms with Gasteiger partial charge in [-0.1, -0.05) is 15.9 Å². The van der Waals surface area contributed by atoms with Crippen LogP contribution >= 0.6 is 15.9 Å². The Kier molecular flexibility index (Phi) is 4.30. The van der Waals surface area contributed by atoms with Crippen molar-refractivity contribution in [1.29, 1.82) is 0 Å². The number of aryl methyl sites for hydroxylation is 1. The van der Waals surface area contributed by atoms with Crippen LogP contribution in [0.2, 0.25) is 0 Å². The van der Waals surface area contributed by atoms with Crippen LogP contribution in [-0.4, -0.2) is 18.6 Å². The zero-order chi connectivity index (χ0) is 15.8. The molecule has 2 aromatic rings. The summed E-state index contributed by atoms with van der Waals surface area (Å²) in [4.78, 5) is -0.216. The van der Waals surface area contributed by atoms with Crippen LogP contribution < -0.4 is 10.5 Å². The van der Waals surface area contributed by atoms with Gasteiger partial charge < -0.3 is 5.73 Å². The van der Waals surface area contributed by atoms with E-state index in [0.29, 0.717) is 0 Å². The van der Waals surface area contributed by atoms with E-state index in [0.717, 1.165) is 12.1 Å². The number of aromatic nitrogens is 2. The lowest BCUT2D eigenvalue weighted by atomic mass is 10.3. The number of halogens is 3. The summed E-state index contributed by atoms with van der Waals surface area (Å²) >= 11 is 2.91. The van der Waals surface area contributed by atoms with Crippen LogP contribution in [0.15, 0.2) is 21.5 Å². The Balaban J connectivity index is 2.50. The lowest BCUT2D eigenvalue weighted by molar-refractivity contribution is 0.581. The molecule has 6 nitrogen and oxygen atoms in total. The van der Waals surface area contributed by atoms with Crippen LogP contribution in [0.5, 0.6) is 0 Å². The number of hydrogen-bond acceptors (Lipinski definition) is 4. The molecule has 0 saturated heterocycles. The molecule has 2 rings (SSSR count). The molecule has 0 fully saturated rings. The van der Waals surface area contributed by atoms with E-state index in [-0.39, 0.29) is 27.3 Å². The van der Waals surface area contributed by atoms with Crippen molar-refractivity contribution in [3.8, 4) is 0 Å². The first kappa shape index (κ1) is 15.9. The van der Waals surface area contributed by atoms with Gasteiger partial charge in [0.25, 0.3) is 10.0 Å². The SMILES string of the molecule is Cc1[nH]nc(CN)c1S(=O)(=O)Nc1c(F)cc(Br)cc1F. The number of aromatic amines is 1. The first-order valence-electron chi connectivity index (χ1n) is 5.67. The molecule has 0 aliphatic rings. The smallest absolute Gasteiger partial charge is 0.265 e. The number of rotatable bonds is 4. The number of nitrogens with two attached hydrogens (primary N) is 1. The van der Waals surface area contributed by atoms with Gasteiger partial charge in [0.15, 0.2) is 11.6 Å². The van der Waals surface area contributed by atoms with Crippen LogP contribution in [0.3, 0.4) is 0 Å². The maximum Gasteiger partial charge on any atom is 0.265 e. The molecule has 1 aromatic carbocycles. The fraction of sp³-hybridized carbons (Fsp3) is 0.182. The number of sulfonamides is 1. The minimum Gasteiger partial charge on any atom is -0.325 e. The Morgan fingerprint density at radius 3 is 2.48 bits per heavy atom. The van der Waals surface area contributed by atoms with Gasteiger partial charge in [0.05, 0.1) is 11.4 Å². The molecule has 0 atom stereocenters. The topological polar surface area (TPSA) is 101 Å². The molecule has 0 unspecified atom stereocenters. The van der Waals surface area contributed by atoms with Crippen molar-refractivity contribution in [1.82, 2.24) is 10.2 Å². The molecule has 10 heteroatoms. The highest BCUT2D eigenvalue weighted by atomic mass is 79.9. The zero-order valence-corrected chi connectivity index (χ0v) is 13.1. The average molecular weight is 381 g/mol. The van der Waals surface area contributed by atoms with E-state index in [2.05, 4.69) is 26.1 Å². The number of hydrogen-bond donors (Lipinski definition) is 3. The molecule has 0 aliphatic carbocycles. The first-order valence-corrected chi connectivity index (χ1v) is 7.95. The third kappa shape index (κ3) is 3.06. The van der Waals surface area contributed by atoms with Gasteiger partial charge in [-0.3, -0.25) is 9.82 Å². The summed E-state index contributed by atoms with van der Waals surface area (Å²) in [7, 11) is -4.22. The number of nitrogens with zero attached hydrogens (tertiary/aromatic N) is 1. The van der Waals surface area contributed by atoms with Gasteiger partial charge in [-0.25, -0.2) is 17.2 Å². The van der Waals surface area contributed by atoms with E-state index < -0.39 is 27.3 Å². The maximum atomic E-state index is 13.7. The fourth-order valence-corrected chi connectivity index (χ4v) is 3.65. The van der Waals surface area contributed by atoms with Crippen LogP contribution in [0, 0.1) is 18.6 Å². The van der Waals surface area contributed by atoms with Crippen molar-refractivity contribution in [3.63, 3.8) is 0 Å². The summed E-state index contributed by atoms with van der Waals surface area (Å²) in [6.45, 7) is 1.33. The lowest BCUT2D eigenvalue weighted by Crippen LogP contribution is -2.18. The Labute approximate surface area is 127 Å². The summed E-state index contributed by atoms with van der Waals surface area (Å²) in [5, 5.41) is 6.21.